The van der Waals surface area contributed by atoms with E-state index in [2.05, 4.69) is 74.7 Å². The zero-order valence-electron chi connectivity index (χ0n) is 42.1. The van der Waals surface area contributed by atoms with Gasteiger partial charge in [0.15, 0.2) is 0 Å². The highest BCUT2D eigenvalue weighted by atomic mass is 16.5. The number of unbranched alkanes of at least 4 members (excludes halogenated alkanes) is 28. The van der Waals surface area contributed by atoms with Gasteiger partial charge >= 0.3 is 5.97 Å². The third-order valence-electron chi connectivity index (χ3n) is 12.1. The molecular weight excluding hydrogens is 791 g/mol. The molecule has 0 aliphatic heterocycles. The van der Waals surface area contributed by atoms with Gasteiger partial charge in [-0.3, -0.25) is 9.59 Å². The molecule has 0 radical (unpaired) electrons. The lowest BCUT2D eigenvalue weighted by molar-refractivity contribution is -0.151. The largest absolute Gasteiger partial charge is 0.462 e. The minimum Gasteiger partial charge on any atom is -0.462 e. The second kappa shape index (κ2) is 51.3. The Morgan fingerprint density at radius 1 is 0.453 bits per heavy atom. The minimum absolute atomic E-state index is 0.0544. The zero-order chi connectivity index (χ0) is 46.7. The van der Waals surface area contributed by atoms with E-state index >= 15 is 0 Å². The number of carbonyl (C=O) groups is 2. The van der Waals surface area contributed by atoms with Crippen molar-refractivity contribution in [3.05, 3.63) is 72.9 Å². The number of esters is 1. The molecule has 3 N–H and O–H groups in total. The first kappa shape index (κ1) is 61.3. The molecule has 0 bridgehead atoms. The second-order valence-electron chi connectivity index (χ2n) is 18.4. The van der Waals surface area contributed by atoms with Gasteiger partial charge in [-0.1, -0.05) is 248 Å². The molecule has 0 fully saturated rings. The van der Waals surface area contributed by atoms with Crippen LogP contribution < -0.4 is 5.32 Å². The van der Waals surface area contributed by atoms with Gasteiger partial charge < -0.3 is 20.3 Å². The van der Waals surface area contributed by atoms with E-state index in [0.717, 1.165) is 96.3 Å². The molecule has 0 aliphatic rings. The molecule has 0 saturated carbocycles. The lowest BCUT2D eigenvalue weighted by Crippen LogP contribution is -2.46. The quantitative estimate of drug-likeness (QED) is 0.0245. The van der Waals surface area contributed by atoms with E-state index in [1.165, 1.54) is 116 Å². The molecule has 6 nitrogen and oxygen atoms in total. The van der Waals surface area contributed by atoms with Crippen LogP contribution in [0.1, 0.15) is 258 Å². The maximum Gasteiger partial charge on any atom is 0.306 e. The average Bonchev–Trinajstić information content (AvgIpc) is 3.29. The van der Waals surface area contributed by atoms with Crippen molar-refractivity contribution in [2.24, 2.45) is 0 Å². The summed E-state index contributed by atoms with van der Waals surface area (Å²) >= 11 is 0. The third kappa shape index (κ3) is 45.9. The molecule has 0 rings (SSSR count). The second-order valence-corrected chi connectivity index (χ2v) is 18.4. The Kier molecular flexibility index (Phi) is 49.1. The molecule has 64 heavy (non-hydrogen) atoms. The molecule has 0 saturated heterocycles. The first-order chi connectivity index (χ1) is 31.5. The summed E-state index contributed by atoms with van der Waals surface area (Å²) in [5.41, 5.74) is 0. The predicted molar refractivity (Wildman–Crippen MR) is 278 cm³/mol. The van der Waals surface area contributed by atoms with E-state index in [-0.39, 0.29) is 24.9 Å². The van der Waals surface area contributed by atoms with Crippen molar-refractivity contribution >= 4 is 11.9 Å². The van der Waals surface area contributed by atoms with Gasteiger partial charge in [-0.15, -0.1) is 0 Å². The summed E-state index contributed by atoms with van der Waals surface area (Å²) < 4.78 is 5.93. The number of ether oxygens (including phenoxy) is 1. The van der Waals surface area contributed by atoms with Crippen LogP contribution in [0.5, 0.6) is 0 Å². The Labute approximate surface area is 396 Å². The summed E-state index contributed by atoms with van der Waals surface area (Å²) in [6.45, 7) is 6.39. The Hall–Kier alpha value is -2.70. The lowest BCUT2D eigenvalue weighted by Gasteiger charge is -2.24. The Balaban J connectivity index is 4.66. The maximum absolute atomic E-state index is 13.2. The lowest BCUT2D eigenvalue weighted by atomic mass is 10.0. The SMILES string of the molecule is CCC/C=C/C=C/C=C/C=C/C=C/CCCCCCCC(=O)OC(CCCCC/C=C/CCCCCCCCCCC)CC(=O)NC(CO)C(O)CCCCCCCCCCCCC. The summed E-state index contributed by atoms with van der Waals surface area (Å²) in [6, 6.07) is -0.714. The van der Waals surface area contributed by atoms with Gasteiger partial charge in [0.2, 0.25) is 5.91 Å². The van der Waals surface area contributed by atoms with Crippen molar-refractivity contribution in [3.8, 4) is 0 Å². The third-order valence-corrected chi connectivity index (χ3v) is 12.1. The van der Waals surface area contributed by atoms with Gasteiger partial charge in [0.1, 0.15) is 6.10 Å². The molecule has 3 atom stereocenters. The van der Waals surface area contributed by atoms with Crippen LogP contribution in [0.25, 0.3) is 0 Å². The maximum atomic E-state index is 13.2. The molecule has 0 aromatic heterocycles. The number of aliphatic hydroxyl groups excluding tert-OH is 2. The summed E-state index contributed by atoms with van der Waals surface area (Å²) in [5.74, 6) is -0.516. The Bertz CT molecular complexity index is 1190. The fourth-order valence-electron chi connectivity index (χ4n) is 7.98. The van der Waals surface area contributed by atoms with E-state index in [0.29, 0.717) is 19.3 Å². The normalized spacial score (nSPS) is 13.8. The molecule has 0 aromatic rings. The summed E-state index contributed by atoms with van der Waals surface area (Å²) in [6.07, 6.45) is 65.3. The van der Waals surface area contributed by atoms with Crippen LogP contribution in [0.15, 0.2) is 72.9 Å². The summed E-state index contributed by atoms with van der Waals surface area (Å²) in [5, 5.41) is 23.8. The van der Waals surface area contributed by atoms with E-state index in [4.69, 9.17) is 4.74 Å². The first-order valence-corrected chi connectivity index (χ1v) is 27.2. The van der Waals surface area contributed by atoms with Crippen molar-refractivity contribution in [1.82, 2.24) is 5.32 Å². The highest BCUT2D eigenvalue weighted by Gasteiger charge is 2.24. The molecule has 370 valence electrons. The van der Waals surface area contributed by atoms with Crippen LogP contribution in [0.3, 0.4) is 0 Å². The van der Waals surface area contributed by atoms with Crippen molar-refractivity contribution in [1.29, 1.82) is 0 Å². The highest BCUT2D eigenvalue weighted by Crippen LogP contribution is 2.17. The predicted octanol–water partition coefficient (Wildman–Crippen LogP) is 16.6. The van der Waals surface area contributed by atoms with Gasteiger partial charge in [-0.2, -0.15) is 0 Å². The number of rotatable bonds is 48. The molecule has 0 heterocycles. The molecule has 1 amide bonds. The first-order valence-electron chi connectivity index (χ1n) is 27.2. The fourth-order valence-corrected chi connectivity index (χ4v) is 7.98. The van der Waals surface area contributed by atoms with E-state index in [9.17, 15) is 19.8 Å². The standard InChI is InChI=1S/C58H103NO5/c1-4-7-10-13-16-19-22-24-26-28-29-31-33-36-39-42-45-48-51-58(63)64-54(49-46-43-40-37-35-32-30-27-25-23-20-17-14-11-8-5-2)52-57(62)59-55(53-60)56(61)50-47-44-41-38-34-21-18-15-12-9-6-3/h10,13,16,19,22,24,26,28-29,31-32,35,54-56,60-61H,4-9,11-12,14-15,17-18,20-21,23,25,27,30,33-34,36-53H2,1-3H3,(H,59,62)/b13-10+,19-16+,24-22+,28-26+,31-29+,35-32+. The van der Waals surface area contributed by atoms with Gasteiger partial charge in [0.25, 0.3) is 0 Å². The van der Waals surface area contributed by atoms with Crippen LogP contribution in [-0.2, 0) is 14.3 Å². The molecule has 3 unspecified atom stereocenters. The Morgan fingerprint density at radius 3 is 1.33 bits per heavy atom. The van der Waals surface area contributed by atoms with Crippen LogP contribution in [0.2, 0.25) is 0 Å². The minimum atomic E-state index is -0.798. The van der Waals surface area contributed by atoms with E-state index < -0.39 is 18.2 Å². The van der Waals surface area contributed by atoms with Crippen molar-refractivity contribution in [2.75, 3.05) is 6.61 Å². The molecule has 0 aromatic carbocycles. The zero-order valence-corrected chi connectivity index (χ0v) is 42.1. The average molecular weight is 894 g/mol. The number of nitrogens with one attached hydrogen (secondary N) is 1. The molecule has 0 spiro atoms. The number of hydrogen-bond donors (Lipinski definition) is 3. The molecule has 6 heteroatoms. The number of carbonyl (C=O) groups excluding carboxylic acids is 2. The van der Waals surface area contributed by atoms with E-state index in [1.807, 2.05) is 24.3 Å². The number of allylic oxidation sites excluding steroid dienone is 12. The van der Waals surface area contributed by atoms with Crippen molar-refractivity contribution in [2.45, 2.75) is 277 Å². The van der Waals surface area contributed by atoms with Gasteiger partial charge in [-0.25, -0.2) is 0 Å². The van der Waals surface area contributed by atoms with Crippen LogP contribution >= 0.6 is 0 Å². The highest BCUT2D eigenvalue weighted by molar-refractivity contribution is 5.77. The van der Waals surface area contributed by atoms with Crippen LogP contribution in [0.4, 0.5) is 0 Å². The van der Waals surface area contributed by atoms with Gasteiger partial charge in [-0.05, 0) is 70.6 Å². The topological polar surface area (TPSA) is 95.9 Å². The van der Waals surface area contributed by atoms with Crippen molar-refractivity contribution in [3.63, 3.8) is 0 Å². The number of amides is 1. The summed E-state index contributed by atoms with van der Waals surface area (Å²) in [7, 11) is 0. The smallest absolute Gasteiger partial charge is 0.306 e. The molecular formula is C58H103NO5. The van der Waals surface area contributed by atoms with Gasteiger partial charge in [0, 0.05) is 6.42 Å². The number of hydrogen-bond acceptors (Lipinski definition) is 5. The fraction of sp³-hybridized carbons (Fsp3) is 0.759. The van der Waals surface area contributed by atoms with E-state index in [1.54, 1.807) is 0 Å². The van der Waals surface area contributed by atoms with Crippen LogP contribution in [0, 0.1) is 0 Å². The van der Waals surface area contributed by atoms with Crippen LogP contribution in [-0.4, -0.2) is 46.9 Å². The molecule has 0 aliphatic carbocycles. The number of aliphatic hydroxyl groups is 2. The summed E-state index contributed by atoms with van der Waals surface area (Å²) in [4.78, 5) is 26.2. The van der Waals surface area contributed by atoms with Crippen molar-refractivity contribution < 1.29 is 24.5 Å². The monoisotopic (exact) mass is 894 g/mol. The Morgan fingerprint density at radius 2 is 0.844 bits per heavy atom. The van der Waals surface area contributed by atoms with Gasteiger partial charge in [0.05, 0.1) is 25.2 Å².